The molecule has 0 radical (unpaired) electrons. The number of fused-ring (bicyclic) bond motifs is 1. The Bertz CT molecular complexity index is 1000. The Kier molecular flexibility index (Phi) is 4.65. The molecule has 2 aliphatic rings. The van der Waals surface area contributed by atoms with Crippen LogP contribution in [0, 0.1) is 10.1 Å². The maximum absolute atomic E-state index is 13.5. The van der Waals surface area contributed by atoms with Gasteiger partial charge >= 0.3 is 0 Å². The number of benzene rings is 2. The Labute approximate surface area is 163 Å². The average molecular weight is 372 g/mol. The highest BCUT2D eigenvalue weighted by Crippen LogP contribution is 2.44. The van der Waals surface area contributed by atoms with Crippen LogP contribution < -0.4 is 0 Å². The molecule has 5 nitrogen and oxygen atoms in total. The minimum absolute atomic E-state index is 0.0651. The Morgan fingerprint density at radius 2 is 1.79 bits per heavy atom. The number of hydrogen-bond acceptors (Lipinski definition) is 4. The van der Waals surface area contributed by atoms with Crippen LogP contribution in [0.2, 0.25) is 0 Å². The lowest BCUT2D eigenvalue weighted by molar-refractivity contribution is -0.429. The first-order chi connectivity index (χ1) is 13.6. The van der Waals surface area contributed by atoms with Gasteiger partial charge in [-0.3, -0.25) is 14.9 Å². The Balaban J connectivity index is 1.84. The lowest BCUT2D eigenvalue weighted by Gasteiger charge is -2.27. The molecular weight excluding hydrogens is 352 g/mol. The maximum atomic E-state index is 13.5. The molecule has 4 rings (SSSR count). The normalized spacial score (nSPS) is 20.4. The van der Waals surface area contributed by atoms with E-state index in [1.807, 2.05) is 54.6 Å². The number of rotatable bonds is 5. The van der Waals surface area contributed by atoms with Crippen molar-refractivity contribution in [2.24, 2.45) is 0 Å². The van der Waals surface area contributed by atoms with Gasteiger partial charge in [-0.2, -0.15) is 0 Å². The Hall–Kier alpha value is -3.47. The van der Waals surface area contributed by atoms with Gasteiger partial charge in [0.15, 0.2) is 5.78 Å². The van der Waals surface area contributed by atoms with Crippen molar-refractivity contribution in [1.82, 2.24) is 4.90 Å². The lowest BCUT2D eigenvalue weighted by atomic mass is 9.86. The summed E-state index contributed by atoms with van der Waals surface area (Å²) in [6.45, 7) is 2.06. The van der Waals surface area contributed by atoms with E-state index in [0.717, 1.165) is 17.5 Å². The van der Waals surface area contributed by atoms with Crippen molar-refractivity contribution in [3.05, 3.63) is 117 Å². The first-order valence-electron chi connectivity index (χ1n) is 9.31. The van der Waals surface area contributed by atoms with Crippen molar-refractivity contribution < 1.29 is 9.72 Å². The van der Waals surface area contributed by atoms with Crippen LogP contribution in [-0.2, 0) is 6.42 Å². The number of aryl methyl sites for hydroxylation is 1. The fourth-order valence-electron chi connectivity index (χ4n) is 3.95. The van der Waals surface area contributed by atoms with E-state index < -0.39 is 12.0 Å². The molecule has 2 aromatic rings. The van der Waals surface area contributed by atoms with Gasteiger partial charge in [0.25, 0.3) is 5.70 Å². The summed E-state index contributed by atoms with van der Waals surface area (Å²) in [6, 6.07) is 16.1. The van der Waals surface area contributed by atoms with Gasteiger partial charge in [0.2, 0.25) is 0 Å². The summed E-state index contributed by atoms with van der Waals surface area (Å²) in [4.78, 5) is 26.9. The van der Waals surface area contributed by atoms with Crippen molar-refractivity contribution in [2.45, 2.75) is 25.3 Å². The Morgan fingerprint density at radius 3 is 2.43 bits per heavy atom. The molecule has 0 spiro atoms. The summed E-state index contributed by atoms with van der Waals surface area (Å²) in [5, 5.41) is 12.0. The van der Waals surface area contributed by atoms with E-state index in [0.29, 0.717) is 11.3 Å². The largest absolute Gasteiger partial charge is 0.331 e. The third-order valence-corrected chi connectivity index (χ3v) is 5.33. The molecule has 28 heavy (non-hydrogen) atoms. The van der Waals surface area contributed by atoms with E-state index in [9.17, 15) is 14.9 Å². The molecule has 0 amide bonds. The molecule has 0 saturated carbocycles. The van der Waals surface area contributed by atoms with Crippen molar-refractivity contribution in [3.63, 3.8) is 0 Å². The zero-order valence-corrected chi connectivity index (χ0v) is 15.5. The van der Waals surface area contributed by atoms with Gasteiger partial charge in [0.05, 0.1) is 4.92 Å². The zero-order chi connectivity index (χ0) is 19.7. The highest BCUT2D eigenvalue weighted by Gasteiger charge is 2.50. The van der Waals surface area contributed by atoms with Gasteiger partial charge in [-0.25, -0.2) is 0 Å². The molecule has 0 bridgehead atoms. The van der Waals surface area contributed by atoms with Crippen LogP contribution in [0.15, 0.2) is 90.4 Å². The van der Waals surface area contributed by atoms with Crippen LogP contribution in [-0.4, -0.2) is 21.6 Å². The third kappa shape index (κ3) is 2.95. The molecule has 0 aliphatic carbocycles. The highest BCUT2D eigenvalue weighted by atomic mass is 16.6. The van der Waals surface area contributed by atoms with Gasteiger partial charge < -0.3 is 4.90 Å². The van der Waals surface area contributed by atoms with E-state index >= 15 is 0 Å². The smallest absolute Gasteiger partial charge is 0.279 e. The van der Waals surface area contributed by atoms with Crippen LogP contribution in [0.5, 0.6) is 0 Å². The van der Waals surface area contributed by atoms with Crippen LogP contribution >= 0.6 is 0 Å². The molecule has 2 aliphatic heterocycles. The molecule has 5 heteroatoms. The summed E-state index contributed by atoms with van der Waals surface area (Å²) in [5.74, 6) is -0.761. The SMILES string of the molecule is CCc1ccc(C(=O)[C@H]2[C@H](c3ccccc3)C([N+](=O)[O-])=C3C=CC=CN32)cc1. The third-order valence-electron chi connectivity index (χ3n) is 5.33. The zero-order valence-electron chi connectivity index (χ0n) is 15.5. The summed E-state index contributed by atoms with van der Waals surface area (Å²) < 4.78 is 0. The predicted octanol–water partition coefficient (Wildman–Crippen LogP) is 4.47. The number of nitrogens with zero attached hydrogens (tertiary/aromatic N) is 2. The lowest BCUT2D eigenvalue weighted by Crippen LogP contribution is -2.37. The van der Waals surface area contributed by atoms with Gasteiger partial charge in [0.1, 0.15) is 17.7 Å². The first kappa shape index (κ1) is 17.9. The van der Waals surface area contributed by atoms with E-state index in [4.69, 9.17) is 0 Å². The van der Waals surface area contributed by atoms with Gasteiger partial charge in [0, 0.05) is 11.8 Å². The standard InChI is InChI=1S/C23H20N2O3/c1-2-16-11-13-18(14-12-16)23(26)22-20(17-8-4-3-5-9-17)21(25(27)28)19-10-6-7-15-24(19)22/h3-15,20,22H,2H2,1H3/t20-,22-/m1/s1. The number of hydrogen-bond donors (Lipinski definition) is 0. The van der Waals surface area contributed by atoms with E-state index in [-0.39, 0.29) is 16.4 Å². The Morgan fingerprint density at radius 1 is 1.07 bits per heavy atom. The molecule has 2 atom stereocenters. The van der Waals surface area contributed by atoms with Crippen molar-refractivity contribution >= 4 is 5.78 Å². The summed E-state index contributed by atoms with van der Waals surface area (Å²) in [7, 11) is 0. The second-order valence-electron chi connectivity index (χ2n) is 6.88. The second-order valence-corrected chi connectivity index (χ2v) is 6.88. The number of Topliss-reactive ketones (excluding diaryl/α,β-unsaturated/α-hetero) is 1. The molecule has 0 fully saturated rings. The first-order valence-corrected chi connectivity index (χ1v) is 9.31. The van der Waals surface area contributed by atoms with Gasteiger partial charge in [-0.15, -0.1) is 0 Å². The van der Waals surface area contributed by atoms with Crippen LogP contribution in [0.4, 0.5) is 0 Å². The molecule has 2 aromatic carbocycles. The molecule has 2 heterocycles. The van der Waals surface area contributed by atoms with Crippen molar-refractivity contribution in [3.8, 4) is 0 Å². The summed E-state index contributed by atoms with van der Waals surface area (Å²) >= 11 is 0. The highest BCUT2D eigenvalue weighted by molar-refractivity contribution is 6.02. The molecule has 0 aromatic heterocycles. The number of ketones is 1. The van der Waals surface area contributed by atoms with Crippen molar-refractivity contribution in [1.29, 1.82) is 0 Å². The van der Waals surface area contributed by atoms with Crippen molar-refractivity contribution in [2.75, 3.05) is 0 Å². The molecular formula is C23H20N2O3. The molecule has 140 valence electrons. The summed E-state index contributed by atoms with van der Waals surface area (Å²) in [5.41, 5.74) is 3.02. The van der Waals surface area contributed by atoms with Gasteiger partial charge in [-0.05, 0) is 29.7 Å². The van der Waals surface area contributed by atoms with Crippen LogP contribution in [0.25, 0.3) is 0 Å². The molecule has 0 saturated heterocycles. The fourth-order valence-corrected chi connectivity index (χ4v) is 3.95. The second kappa shape index (κ2) is 7.27. The number of nitro groups is 1. The van der Waals surface area contributed by atoms with E-state index in [1.165, 1.54) is 0 Å². The van der Waals surface area contributed by atoms with Crippen LogP contribution in [0.3, 0.4) is 0 Å². The number of carbonyl (C=O) groups excluding carboxylic acids is 1. The number of allylic oxidation sites excluding steroid dienone is 3. The quantitative estimate of drug-likeness (QED) is 0.441. The molecule has 0 N–H and O–H groups in total. The fraction of sp³-hybridized carbons (Fsp3) is 0.174. The van der Waals surface area contributed by atoms with Gasteiger partial charge in [-0.1, -0.05) is 67.6 Å². The van der Waals surface area contributed by atoms with Crippen LogP contribution in [0.1, 0.15) is 34.3 Å². The number of carbonyl (C=O) groups is 1. The minimum atomic E-state index is -0.688. The van der Waals surface area contributed by atoms with E-state index in [2.05, 4.69) is 6.92 Å². The maximum Gasteiger partial charge on any atom is 0.279 e. The minimum Gasteiger partial charge on any atom is -0.331 e. The predicted molar refractivity (Wildman–Crippen MR) is 107 cm³/mol. The monoisotopic (exact) mass is 372 g/mol. The topological polar surface area (TPSA) is 63.4 Å². The average Bonchev–Trinajstić information content (AvgIpc) is 3.09. The summed E-state index contributed by atoms with van der Waals surface area (Å²) in [6.07, 6.45) is 7.92. The van der Waals surface area contributed by atoms with E-state index in [1.54, 1.807) is 29.3 Å². The molecule has 0 unspecified atom stereocenters.